The molecule has 9 heteroatoms. The van der Waals surface area contributed by atoms with E-state index in [9.17, 15) is 18.0 Å². The lowest BCUT2D eigenvalue weighted by Crippen LogP contribution is -2.41. The van der Waals surface area contributed by atoms with Crippen molar-refractivity contribution < 1.29 is 22.7 Å². The zero-order valence-corrected chi connectivity index (χ0v) is 12.0. The predicted molar refractivity (Wildman–Crippen MR) is 69.5 cm³/mol. The van der Waals surface area contributed by atoms with Gasteiger partial charge >= 0.3 is 12.3 Å². The van der Waals surface area contributed by atoms with Crippen molar-refractivity contribution in [2.45, 2.75) is 45.0 Å². The van der Waals surface area contributed by atoms with Crippen molar-refractivity contribution >= 4 is 6.09 Å². The lowest BCUT2D eigenvalue weighted by Gasteiger charge is -2.20. The summed E-state index contributed by atoms with van der Waals surface area (Å²) in [6.45, 7) is 5.10. The van der Waals surface area contributed by atoms with E-state index < -0.39 is 29.6 Å². The van der Waals surface area contributed by atoms with Crippen LogP contribution in [-0.2, 0) is 17.3 Å². The molecule has 1 aromatic heterocycles. The van der Waals surface area contributed by atoms with Gasteiger partial charge in [0.1, 0.15) is 11.3 Å². The smallest absolute Gasteiger partial charge is 0.433 e. The minimum absolute atomic E-state index is 0.00259. The maximum Gasteiger partial charge on any atom is 0.433 e. The van der Waals surface area contributed by atoms with E-state index in [-0.39, 0.29) is 18.5 Å². The van der Waals surface area contributed by atoms with Crippen LogP contribution in [0.4, 0.5) is 18.0 Å². The SMILES string of the molecule is CC(C)(C)OC(=O)NCC(N)Cc1cn[nH]c1C(F)(F)F. The molecule has 1 atom stereocenters. The molecule has 0 aromatic carbocycles. The van der Waals surface area contributed by atoms with Gasteiger partial charge in [0.05, 0.1) is 6.20 Å². The number of rotatable bonds is 4. The van der Waals surface area contributed by atoms with Gasteiger partial charge in [-0.3, -0.25) is 5.10 Å². The quantitative estimate of drug-likeness (QED) is 0.791. The fourth-order valence-corrected chi connectivity index (χ4v) is 1.59. The first-order chi connectivity index (χ1) is 9.49. The first-order valence-electron chi connectivity index (χ1n) is 6.31. The number of alkyl carbamates (subject to hydrolysis) is 1. The number of nitrogens with zero attached hydrogens (tertiary/aromatic N) is 1. The molecule has 0 fully saturated rings. The van der Waals surface area contributed by atoms with Gasteiger partial charge in [-0.25, -0.2) is 4.79 Å². The second kappa shape index (κ2) is 6.33. The van der Waals surface area contributed by atoms with Gasteiger partial charge in [-0.1, -0.05) is 0 Å². The molecule has 0 radical (unpaired) electrons. The summed E-state index contributed by atoms with van der Waals surface area (Å²) in [6, 6.07) is -0.684. The third-order valence-corrected chi connectivity index (χ3v) is 2.39. The van der Waals surface area contributed by atoms with E-state index >= 15 is 0 Å². The fraction of sp³-hybridized carbons (Fsp3) is 0.667. The zero-order valence-electron chi connectivity index (χ0n) is 12.0. The van der Waals surface area contributed by atoms with Crippen molar-refractivity contribution in [3.05, 3.63) is 17.5 Å². The van der Waals surface area contributed by atoms with E-state index in [0.717, 1.165) is 6.20 Å². The van der Waals surface area contributed by atoms with Crippen LogP contribution >= 0.6 is 0 Å². The fourth-order valence-electron chi connectivity index (χ4n) is 1.59. The van der Waals surface area contributed by atoms with Crippen molar-refractivity contribution in [1.82, 2.24) is 15.5 Å². The number of alkyl halides is 3. The summed E-state index contributed by atoms with van der Waals surface area (Å²) < 4.78 is 42.9. The van der Waals surface area contributed by atoms with E-state index in [1.807, 2.05) is 5.10 Å². The lowest BCUT2D eigenvalue weighted by atomic mass is 10.1. The van der Waals surface area contributed by atoms with Gasteiger partial charge in [-0.2, -0.15) is 18.3 Å². The minimum Gasteiger partial charge on any atom is -0.444 e. The number of amides is 1. The van der Waals surface area contributed by atoms with Crippen molar-refractivity contribution in [3.63, 3.8) is 0 Å². The lowest BCUT2D eigenvalue weighted by molar-refractivity contribution is -0.141. The van der Waals surface area contributed by atoms with Crippen LogP contribution in [-0.4, -0.2) is 34.5 Å². The number of H-pyrrole nitrogens is 1. The molecule has 1 aromatic rings. The number of ether oxygens (including phenoxy) is 1. The maximum absolute atomic E-state index is 12.6. The number of nitrogens with one attached hydrogen (secondary N) is 2. The van der Waals surface area contributed by atoms with Crippen LogP contribution in [0.5, 0.6) is 0 Å². The molecule has 6 nitrogen and oxygen atoms in total. The first-order valence-corrected chi connectivity index (χ1v) is 6.31. The third-order valence-electron chi connectivity index (χ3n) is 2.39. The van der Waals surface area contributed by atoms with Gasteiger partial charge in [0.25, 0.3) is 0 Å². The zero-order chi connectivity index (χ0) is 16.3. The first kappa shape index (κ1) is 17.3. The van der Waals surface area contributed by atoms with Gasteiger partial charge in [0.15, 0.2) is 0 Å². The van der Waals surface area contributed by atoms with Gasteiger partial charge in [0.2, 0.25) is 0 Å². The van der Waals surface area contributed by atoms with Crippen LogP contribution < -0.4 is 11.1 Å². The summed E-state index contributed by atoms with van der Waals surface area (Å²) >= 11 is 0. The Balaban J connectivity index is 2.50. The summed E-state index contributed by atoms with van der Waals surface area (Å²) in [5.41, 5.74) is 4.10. The van der Waals surface area contributed by atoms with Crippen molar-refractivity contribution in [1.29, 1.82) is 0 Å². The molecular formula is C12H19F3N4O2. The van der Waals surface area contributed by atoms with E-state index in [0.29, 0.717) is 0 Å². The molecule has 4 N–H and O–H groups in total. The van der Waals surface area contributed by atoms with Crippen molar-refractivity contribution in [3.8, 4) is 0 Å². The molecular weight excluding hydrogens is 289 g/mol. The van der Waals surface area contributed by atoms with Crippen LogP contribution in [0.3, 0.4) is 0 Å². The molecule has 0 bridgehead atoms. The topological polar surface area (TPSA) is 93.0 Å². The van der Waals surface area contributed by atoms with E-state index in [2.05, 4.69) is 10.4 Å². The summed E-state index contributed by atoms with van der Waals surface area (Å²) in [6.07, 6.45) is -4.16. The molecule has 21 heavy (non-hydrogen) atoms. The highest BCUT2D eigenvalue weighted by Crippen LogP contribution is 2.30. The molecule has 0 aliphatic carbocycles. The minimum atomic E-state index is -4.51. The van der Waals surface area contributed by atoms with Crippen LogP contribution in [0.2, 0.25) is 0 Å². The number of nitrogens with two attached hydrogens (primary N) is 1. The molecule has 0 aliphatic rings. The maximum atomic E-state index is 12.6. The highest BCUT2D eigenvalue weighted by molar-refractivity contribution is 5.67. The number of hydrogen-bond donors (Lipinski definition) is 3. The van der Waals surface area contributed by atoms with E-state index in [4.69, 9.17) is 10.5 Å². The standard InChI is InChI=1S/C12H19F3N4O2/c1-11(2,3)21-10(20)17-6-8(16)4-7-5-18-19-9(7)12(13,14)15/h5,8H,4,6,16H2,1-3H3,(H,17,20)(H,18,19). The molecule has 1 heterocycles. The molecule has 1 amide bonds. The summed E-state index contributed by atoms with van der Waals surface area (Å²) in [5, 5.41) is 7.69. The summed E-state index contributed by atoms with van der Waals surface area (Å²) in [5.74, 6) is 0. The van der Waals surface area contributed by atoms with E-state index in [1.54, 1.807) is 20.8 Å². The Labute approximate surface area is 120 Å². The number of aromatic amines is 1. The Kier molecular flexibility index (Phi) is 5.21. The molecule has 0 spiro atoms. The molecule has 0 saturated carbocycles. The number of hydrogen-bond acceptors (Lipinski definition) is 4. The average molecular weight is 308 g/mol. The molecule has 0 saturated heterocycles. The van der Waals surface area contributed by atoms with Crippen LogP contribution in [0.25, 0.3) is 0 Å². The monoisotopic (exact) mass is 308 g/mol. The van der Waals surface area contributed by atoms with Crippen LogP contribution in [0.15, 0.2) is 6.20 Å². The highest BCUT2D eigenvalue weighted by atomic mass is 19.4. The molecule has 1 unspecified atom stereocenters. The normalized spacial score (nSPS) is 13.9. The Hall–Kier alpha value is -1.77. The number of aromatic nitrogens is 2. The highest BCUT2D eigenvalue weighted by Gasteiger charge is 2.35. The van der Waals surface area contributed by atoms with Gasteiger partial charge in [-0.15, -0.1) is 0 Å². The van der Waals surface area contributed by atoms with Crippen LogP contribution in [0.1, 0.15) is 32.0 Å². The largest absolute Gasteiger partial charge is 0.444 e. The number of carbonyl (C=O) groups excluding carboxylic acids is 1. The average Bonchev–Trinajstić information content (AvgIpc) is 2.71. The summed E-state index contributed by atoms with van der Waals surface area (Å²) in [4.78, 5) is 11.4. The predicted octanol–water partition coefficient (Wildman–Crippen LogP) is 1.82. The van der Waals surface area contributed by atoms with Gasteiger partial charge in [0, 0.05) is 18.2 Å². The number of halogens is 3. The van der Waals surface area contributed by atoms with Crippen molar-refractivity contribution in [2.75, 3.05) is 6.54 Å². The van der Waals surface area contributed by atoms with E-state index in [1.165, 1.54) is 0 Å². The van der Waals surface area contributed by atoms with Crippen molar-refractivity contribution in [2.24, 2.45) is 5.73 Å². The Bertz CT molecular complexity index is 480. The Morgan fingerprint density at radius 2 is 2.10 bits per heavy atom. The molecule has 1 rings (SSSR count). The third kappa shape index (κ3) is 6.03. The second-order valence-electron chi connectivity index (χ2n) is 5.61. The molecule has 0 aliphatic heterocycles. The Morgan fingerprint density at radius 1 is 1.48 bits per heavy atom. The Morgan fingerprint density at radius 3 is 2.62 bits per heavy atom. The van der Waals surface area contributed by atoms with Gasteiger partial charge in [-0.05, 0) is 27.2 Å². The number of carbonyl (C=O) groups is 1. The molecule has 120 valence electrons. The second-order valence-corrected chi connectivity index (χ2v) is 5.61. The van der Waals surface area contributed by atoms with Gasteiger partial charge < -0.3 is 15.8 Å². The van der Waals surface area contributed by atoms with Crippen LogP contribution in [0, 0.1) is 0 Å². The summed E-state index contributed by atoms with van der Waals surface area (Å²) in [7, 11) is 0.